The first-order chi connectivity index (χ1) is 13.6. The van der Waals surface area contributed by atoms with Gasteiger partial charge in [-0.3, -0.25) is 14.4 Å². The Morgan fingerprint density at radius 2 is 1.76 bits per heavy atom. The van der Waals surface area contributed by atoms with Gasteiger partial charge in [0.2, 0.25) is 6.41 Å². The molecule has 0 N–H and O–H groups in total. The fourth-order valence-electron chi connectivity index (χ4n) is 2.57. The van der Waals surface area contributed by atoms with Crippen molar-refractivity contribution < 1.29 is 31.1 Å². The lowest BCUT2D eigenvalue weighted by Crippen LogP contribution is -2.20. The first-order valence-corrected chi connectivity index (χ1v) is 8.70. The standard InChI is InChI=1S/C18H11F6N3OS/c1-26-17(29-12-4-2-3-10(19)7-12)15(16(25-26)18(22,23)24)27(9-28)14-6-5-11(20)8-13(14)21/h2-9H,1H3. The lowest BCUT2D eigenvalue weighted by Gasteiger charge is -2.20. The van der Waals surface area contributed by atoms with Crippen LogP contribution in [0.4, 0.5) is 37.7 Å². The monoisotopic (exact) mass is 431 g/mol. The van der Waals surface area contributed by atoms with Gasteiger partial charge in [-0.05, 0) is 30.3 Å². The number of amides is 1. The van der Waals surface area contributed by atoms with Crippen LogP contribution < -0.4 is 4.90 Å². The van der Waals surface area contributed by atoms with Crippen LogP contribution in [0.15, 0.2) is 52.4 Å². The largest absolute Gasteiger partial charge is 0.437 e. The first-order valence-electron chi connectivity index (χ1n) is 7.89. The average molecular weight is 431 g/mol. The second kappa shape index (κ2) is 7.82. The average Bonchev–Trinajstić information content (AvgIpc) is 2.94. The van der Waals surface area contributed by atoms with E-state index in [0.717, 1.165) is 28.9 Å². The highest BCUT2D eigenvalue weighted by molar-refractivity contribution is 7.99. The van der Waals surface area contributed by atoms with Gasteiger partial charge in [0.05, 0.1) is 5.69 Å². The summed E-state index contributed by atoms with van der Waals surface area (Å²) in [4.78, 5) is 12.3. The number of alkyl halides is 3. The van der Waals surface area contributed by atoms with Crippen molar-refractivity contribution in [3.8, 4) is 0 Å². The third kappa shape index (κ3) is 4.24. The van der Waals surface area contributed by atoms with Gasteiger partial charge in [0.15, 0.2) is 5.69 Å². The van der Waals surface area contributed by atoms with Crippen LogP contribution in [0, 0.1) is 17.5 Å². The minimum Gasteiger partial charge on any atom is -0.278 e. The molecule has 2 aromatic carbocycles. The van der Waals surface area contributed by atoms with E-state index in [9.17, 15) is 31.1 Å². The van der Waals surface area contributed by atoms with E-state index in [0.29, 0.717) is 22.7 Å². The summed E-state index contributed by atoms with van der Waals surface area (Å²) in [5.41, 5.74) is -2.80. The molecule has 4 nitrogen and oxygen atoms in total. The van der Waals surface area contributed by atoms with Crippen molar-refractivity contribution in [1.29, 1.82) is 0 Å². The Balaban J connectivity index is 2.22. The van der Waals surface area contributed by atoms with Crippen LogP contribution in [0.5, 0.6) is 0 Å². The van der Waals surface area contributed by atoms with E-state index < -0.39 is 40.7 Å². The second-order valence-corrected chi connectivity index (χ2v) is 6.82. The number of rotatable bonds is 5. The van der Waals surface area contributed by atoms with E-state index in [1.165, 1.54) is 19.2 Å². The molecule has 3 aromatic rings. The van der Waals surface area contributed by atoms with Gasteiger partial charge < -0.3 is 0 Å². The summed E-state index contributed by atoms with van der Waals surface area (Å²) >= 11 is 0.703. The molecule has 1 heterocycles. The van der Waals surface area contributed by atoms with Crippen molar-refractivity contribution in [1.82, 2.24) is 9.78 Å². The normalized spacial score (nSPS) is 11.6. The quantitative estimate of drug-likeness (QED) is 0.406. The Morgan fingerprint density at radius 3 is 2.34 bits per heavy atom. The Labute approximate surface area is 164 Å². The zero-order valence-electron chi connectivity index (χ0n) is 14.5. The molecule has 0 aliphatic rings. The van der Waals surface area contributed by atoms with E-state index in [4.69, 9.17) is 0 Å². The molecule has 11 heteroatoms. The van der Waals surface area contributed by atoms with Crippen molar-refractivity contribution in [2.75, 3.05) is 4.90 Å². The predicted molar refractivity (Wildman–Crippen MR) is 93.3 cm³/mol. The third-order valence-electron chi connectivity index (χ3n) is 3.77. The highest BCUT2D eigenvalue weighted by Crippen LogP contribution is 2.45. The molecular formula is C18H11F6N3OS. The Bertz CT molecular complexity index is 1070. The molecule has 152 valence electrons. The van der Waals surface area contributed by atoms with Crippen molar-refractivity contribution in [3.63, 3.8) is 0 Å². The van der Waals surface area contributed by atoms with Crippen LogP contribution in [-0.2, 0) is 18.0 Å². The zero-order valence-corrected chi connectivity index (χ0v) is 15.4. The summed E-state index contributed by atoms with van der Waals surface area (Å²) in [7, 11) is 1.20. The van der Waals surface area contributed by atoms with Crippen molar-refractivity contribution in [2.24, 2.45) is 7.05 Å². The van der Waals surface area contributed by atoms with E-state index >= 15 is 0 Å². The van der Waals surface area contributed by atoms with Crippen LogP contribution in [-0.4, -0.2) is 16.2 Å². The molecule has 1 aromatic heterocycles. The zero-order chi connectivity index (χ0) is 21.3. The molecule has 0 fully saturated rings. The molecule has 0 radical (unpaired) electrons. The highest BCUT2D eigenvalue weighted by Gasteiger charge is 2.41. The van der Waals surface area contributed by atoms with Gasteiger partial charge in [0.25, 0.3) is 0 Å². The number of carbonyl (C=O) groups is 1. The number of aromatic nitrogens is 2. The molecular weight excluding hydrogens is 420 g/mol. The maximum absolute atomic E-state index is 14.2. The van der Waals surface area contributed by atoms with Crippen LogP contribution in [0.25, 0.3) is 0 Å². The number of benzene rings is 2. The number of halogens is 6. The SMILES string of the molecule is Cn1nc(C(F)(F)F)c(N(C=O)c2ccc(F)cc2F)c1Sc1cccc(F)c1. The number of hydrogen-bond acceptors (Lipinski definition) is 3. The fourth-order valence-corrected chi connectivity index (χ4v) is 3.57. The van der Waals surface area contributed by atoms with Gasteiger partial charge in [-0.15, -0.1) is 0 Å². The van der Waals surface area contributed by atoms with Gasteiger partial charge in [0, 0.05) is 18.0 Å². The maximum atomic E-state index is 14.2. The lowest BCUT2D eigenvalue weighted by molar-refractivity contribution is -0.140. The van der Waals surface area contributed by atoms with E-state index in [1.807, 2.05) is 0 Å². The minimum atomic E-state index is -4.98. The summed E-state index contributed by atoms with van der Waals surface area (Å²) in [5.74, 6) is -2.82. The van der Waals surface area contributed by atoms with Gasteiger partial charge in [-0.2, -0.15) is 18.3 Å². The van der Waals surface area contributed by atoms with Crippen LogP contribution in [0.3, 0.4) is 0 Å². The Hall–Kier alpha value is -2.95. The highest BCUT2D eigenvalue weighted by atomic mass is 32.2. The lowest BCUT2D eigenvalue weighted by atomic mass is 10.2. The van der Waals surface area contributed by atoms with E-state index in [1.54, 1.807) is 0 Å². The summed E-state index contributed by atoms with van der Waals surface area (Å²) in [6.45, 7) is 0. The summed E-state index contributed by atoms with van der Waals surface area (Å²) < 4.78 is 82.5. The third-order valence-corrected chi connectivity index (χ3v) is 4.91. The van der Waals surface area contributed by atoms with Crippen LogP contribution in [0.1, 0.15) is 5.69 Å². The van der Waals surface area contributed by atoms with E-state index in [-0.39, 0.29) is 16.3 Å². The molecule has 0 spiro atoms. The van der Waals surface area contributed by atoms with Crippen LogP contribution in [0.2, 0.25) is 0 Å². The topological polar surface area (TPSA) is 38.1 Å². The number of nitrogens with zero attached hydrogens (tertiary/aromatic N) is 3. The number of carbonyl (C=O) groups excluding carboxylic acids is 1. The molecule has 0 aliphatic heterocycles. The van der Waals surface area contributed by atoms with Gasteiger partial charge in [-0.25, -0.2) is 13.2 Å². The molecule has 1 amide bonds. The summed E-state index contributed by atoms with van der Waals surface area (Å²) in [6.07, 6.45) is -5.01. The summed E-state index contributed by atoms with van der Waals surface area (Å²) in [5, 5.41) is 3.23. The smallest absolute Gasteiger partial charge is 0.278 e. The minimum absolute atomic E-state index is 0.0296. The maximum Gasteiger partial charge on any atom is 0.437 e. The van der Waals surface area contributed by atoms with Gasteiger partial charge in [0.1, 0.15) is 28.2 Å². The van der Waals surface area contributed by atoms with Crippen molar-refractivity contribution in [3.05, 3.63) is 65.6 Å². The van der Waals surface area contributed by atoms with Crippen molar-refractivity contribution in [2.45, 2.75) is 16.1 Å². The molecule has 3 rings (SSSR count). The van der Waals surface area contributed by atoms with Crippen molar-refractivity contribution >= 4 is 29.5 Å². The predicted octanol–water partition coefficient (Wildman–Crippen LogP) is 5.30. The first kappa shape index (κ1) is 20.8. The molecule has 0 saturated heterocycles. The molecule has 29 heavy (non-hydrogen) atoms. The van der Waals surface area contributed by atoms with E-state index in [2.05, 4.69) is 5.10 Å². The summed E-state index contributed by atoms with van der Waals surface area (Å²) in [6, 6.07) is 7.12. The number of hydrogen-bond donors (Lipinski definition) is 0. The molecule has 0 unspecified atom stereocenters. The number of anilines is 2. The molecule has 0 saturated carbocycles. The Kier molecular flexibility index (Phi) is 5.60. The molecule has 0 bridgehead atoms. The van der Waals surface area contributed by atoms with Gasteiger partial charge >= 0.3 is 6.18 Å². The van der Waals surface area contributed by atoms with Gasteiger partial charge in [-0.1, -0.05) is 17.8 Å². The number of aryl methyl sites for hydroxylation is 1. The Morgan fingerprint density at radius 1 is 1.07 bits per heavy atom. The van der Waals surface area contributed by atoms with Crippen LogP contribution >= 0.6 is 11.8 Å². The second-order valence-electron chi connectivity index (χ2n) is 5.75. The molecule has 0 atom stereocenters. The fraction of sp³-hybridized carbons (Fsp3) is 0.111. The molecule has 0 aliphatic carbocycles.